The molecule has 0 bridgehead atoms. The van der Waals surface area contributed by atoms with Crippen molar-refractivity contribution in [3.05, 3.63) is 51.2 Å². The first-order valence-electron chi connectivity index (χ1n) is 8.16. The molecule has 2 heterocycles. The third kappa shape index (κ3) is 4.98. The Hall–Kier alpha value is -1.60. The second-order valence-electron chi connectivity index (χ2n) is 6.15. The molecule has 3 rings (SSSR count). The van der Waals surface area contributed by atoms with Crippen molar-refractivity contribution in [3.8, 4) is 0 Å². The molecule has 0 radical (unpaired) electrons. The summed E-state index contributed by atoms with van der Waals surface area (Å²) >= 11 is 7.73. The Labute approximate surface area is 167 Å². The van der Waals surface area contributed by atoms with E-state index in [2.05, 4.69) is 16.0 Å². The Morgan fingerprint density at radius 3 is 2.73 bits per heavy atom. The van der Waals surface area contributed by atoms with E-state index >= 15 is 0 Å². The molecule has 3 N–H and O–H groups in total. The first-order chi connectivity index (χ1) is 12.0. The van der Waals surface area contributed by atoms with Gasteiger partial charge in [-0.25, -0.2) is 0 Å². The van der Waals surface area contributed by atoms with Crippen LogP contribution in [0.25, 0.3) is 0 Å². The summed E-state index contributed by atoms with van der Waals surface area (Å²) in [6.07, 6.45) is 0. The predicted molar refractivity (Wildman–Crippen MR) is 108 cm³/mol. The van der Waals surface area contributed by atoms with E-state index in [1.54, 1.807) is 29.5 Å². The lowest BCUT2D eigenvalue weighted by atomic mass is 9.88. The zero-order valence-electron chi connectivity index (χ0n) is 14.3. The van der Waals surface area contributed by atoms with E-state index in [1.165, 1.54) is 0 Å². The molecule has 5 nitrogen and oxygen atoms in total. The van der Waals surface area contributed by atoms with Crippen LogP contribution in [0.5, 0.6) is 0 Å². The van der Waals surface area contributed by atoms with Crippen molar-refractivity contribution in [3.63, 3.8) is 0 Å². The molecule has 1 aromatic carbocycles. The lowest BCUT2D eigenvalue weighted by Gasteiger charge is -2.31. The van der Waals surface area contributed by atoms with Crippen LogP contribution in [-0.2, 0) is 11.3 Å². The van der Waals surface area contributed by atoms with Gasteiger partial charge >= 0.3 is 0 Å². The highest BCUT2D eigenvalue weighted by molar-refractivity contribution is 7.09. The van der Waals surface area contributed by atoms with Gasteiger partial charge in [0.2, 0.25) is 5.91 Å². The van der Waals surface area contributed by atoms with Gasteiger partial charge in [-0.3, -0.25) is 9.59 Å². The van der Waals surface area contributed by atoms with Crippen LogP contribution in [0.15, 0.2) is 35.7 Å². The van der Waals surface area contributed by atoms with E-state index in [0.717, 1.165) is 18.0 Å². The summed E-state index contributed by atoms with van der Waals surface area (Å²) < 4.78 is 0. The topological polar surface area (TPSA) is 70.2 Å². The second-order valence-corrected chi connectivity index (χ2v) is 7.59. The standard InChI is InChI=1S/C18H20ClN3O2S.ClH/c1-11(12-8-20-9-12)17(23)22-13-4-5-16(19)15(7-13)18(24)21-10-14-3-2-6-25-14;/h2-7,11-12,20H,8-10H2,1H3,(H,21,24)(H,22,23);1H. The Bertz CT molecular complexity index is 764. The zero-order chi connectivity index (χ0) is 17.8. The number of anilines is 1. The Balaban J connectivity index is 0.00000243. The molecule has 0 saturated carbocycles. The van der Waals surface area contributed by atoms with E-state index in [-0.39, 0.29) is 30.1 Å². The van der Waals surface area contributed by atoms with Crippen molar-refractivity contribution >= 4 is 52.8 Å². The molecule has 2 aromatic rings. The molecule has 0 spiro atoms. The van der Waals surface area contributed by atoms with Gasteiger partial charge in [0.1, 0.15) is 0 Å². The van der Waals surface area contributed by atoms with Gasteiger partial charge in [0.15, 0.2) is 0 Å². The maximum Gasteiger partial charge on any atom is 0.253 e. The number of hydrogen-bond donors (Lipinski definition) is 3. The third-order valence-electron chi connectivity index (χ3n) is 4.42. The molecule has 2 amide bonds. The number of carbonyl (C=O) groups is 2. The maximum atomic E-state index is 12.4. The summed E-state index contributed by atoms with van der Waals surface area (Å²) in [5, 5.41) is 11.2. The molecule has 1 saturated heterocycles. The molecule has 1 atom stereocenters. The van der Waals surface area contributed by atoms with Gasteiger partial charge in [-0.15, -0.1) is 23.7 Å². The minimum absolute atomic E-state index is 0. The van der Waals surface area contributed by atoms with E-state index in [9.17, 15) is 9.59 Å². The van der Waals surface area contributed by atoms with Crippen LogP contribution in [0.4, 0.5) is 5.69 Å². The van der Waals surface area contributed by atoms with Gasteiger partial charge in [0.05, 0.1) is 17.1 Å². The van der Waals surface area contributed by atoms with Crippen molar-refractivity contribution in [2.75, 3.05) is 18.4 Å². The van der Waals surface area contributed by atoms with E-state index < -0.39 is 0 Å². The molecule has 140 valence electrons. The highest BCUT2D eigenvalue weighted by Crippen LogP contribution is 2.23. The van der Waals surface area contributed by atoms with Crippen LogP contribution in [0.1, 0.15) is 22.2 Å². The van der Waals surface area contributed by atoms with Gasteiger partial charge in [0, 0.05) is 16.5 Å². The largest absolute Gasteiger partial charge is 0.347 e. The highest BCUT2D eigenvalue weighted by atomic mass is 35.5. The van der Waals surface area contributed by atoms with E-state index in [1.807, 2.05) is 24.4 Å². The molecule has 8 heteroatoms. The first kappa shape index (κ1) is 20.7. The summed E-state index contributed by atoms with van der Waals surface area (Å²) in [6, 6.07) is 8.86. The SMILES string of the molecule is CC(C(=O)Nc1ccc(Cl)c(C(=O)NCc2cccs2)c1)C1CNC1.Cl. The van der Waals surface area contributed by atoms with Crippen molar-refractivity contribution in [2.24, 2.45) is 11.8 Å². The van der Waals surface area contributed by atoms with Gasteiger partial charge < -0.3 is 16.0 Å². The second kappa shape index (κ2) is 9.37. The summed E-state index contributed by atoms with van der Waals surface area (Å²) in [5.41, 5.74) is 0.934. The van der Waals surface area contributed by atoms with E-state index in [0.29, 0.717) is 28.7 Å². The smallest absolute Gasteiger partial charge is 0.253 e. The molecule has 0 aliphatic carbocycles. The minimum atomic E-state index is -0.259. The molecule has 1 aromatic heterocycles. The lowest BCUT2D eigenvalue weighted by Crippen LogP contribution is -2.48. The van der Waals surface area contributed by atoms with Gasteiger partial charge in [0.25, 0.3) is 5.91 Å². The minimum Gasteiger partial charge on any atom is -0.347 e. The molecule has 26 heavy (non-hydrogen) atoms. The molecule has 1 unspecified atom stereocenters. The Morgan fingerprint density at radius 2 is 2.12 bits per heavy atom. The molecule has 1 aliphatic heterocycles. The first-order valence-corrected chi connectivity index (χ1v) is 9.42. The normalized spacial score (nSPS) is 14.7. The summed E-state index contributed by atoms with van der Waals surface area (Å²) in [7, 11) is 0. The zero-order valence-corrected chi connectivity index (χ0v) is 16.6. The fourth-order valence-corrected chi connectivity index (χ4v) is 3.44. The quantitative estimate of drug-likeness (QED) is 0.677. The predicted octanol–water partition coefficient (Wildman–Crippen LogP) is 3.55. The number of amides is 2. The van der Waals surface area contributed by atoms with Crippen LogP contribution in [0.2, 0.25) is 5.02 Å². The molecular formula is C18H21Cl2N3O2S. The number of halogens is 2. The number of thiophene rings is 1. The number of nitrogens with one attached hydrogen (secondary N) is 3. The van der Waals surface area contributed by atoms with Crippen molar-refractivity contribution < 1.29 is 9.59 Å². The van der Waals surface area contributed by atoms with Crippen molar-refractivity contribution in [1.82, 2.24) is 10.6 Å². The Kier molecular flexibility index (Phi) is 7.46. The maximum absolute atomic E-state index is 12.4. The average molecular weight is 414 g/mol. The average Bonchev–Trinajstić information content (AvgIpc) is 3.06. The van der Waals surface area contributed by atoms with Gasteiger partial charge in [-0.05, 0) is 48.7 Å². The lowest BCUT2D eigenvalue weighted by molar-refractivity contribution is -0.121. The molecule has 1 fully saturated rings. The number of carbonyl (C=O) groups excluding carboxylic acids is 2. The highest BCUT2D eigenvalue weighted by Gasteiger charge is 2.28. The van der Waals surface area contributed by atoms with Crippen LogP contribution in [-0.4, -0.2) is 24.9 Å². The van der Waals surface area contributed by atoms with E-state index in [4.69, 9.17) is 11.6 Å². The third-order valence-corrected chi connectivity index (χ3v) is 5.62. The fraction of sp³-hybridized carbons (Fsp3) is 0.333. The van der Waals surface area contributed by atoms with Crippen LogP contribution < -0.4 is 16.0 Å². The fourth-order valence-electron chi connectivity index (χ4n) is 2.59. The summed E-state index contributed by atoms with van der Waals surface area (Å²) in [5.74, 6) is -0.0154. The van der Waals surface area contributed by atoms with Crippen LogP contribution in [0.3, 0.4) is 0 Å². The Morgan fingerprint density at radius 1 is 1.35 bits per heavy atom. The van der Waals surface area contributed by atoms with Crippen LogP contribution in [0, 0.1) is 11.8 Å². The molecule has 1 aliphatic rings. The summed E-state index contributed by atoms with van der Waals surface area (Å²) in [4.78, 5) is 25.8. The number of benzene rings is 1. The van der Waals surface area contributed by atoms with Crippen LogP contribution >= 0.6 is 35.3 Å². The number of rotatable bonds is 6. The number of hydrogen-bond acceptors (Lipinski definition) is 4. The molecular weight excluding hydrogens is 393 g/mol. The van der Waals surface area contributed by atoms with Gasteiger partial charge in [-0.1, -0.05) is 24.6 Å². The summed E-state index contributed by atoms with van der Waals surface area (Å²) in [6.45, 7) is 4.11. The van der Waals surface area contributed by atoms with Crippen molar-refractivity contribution in [2.45, 2.75) is 13.5 Å². The monoisotopic (exact) mass is 413 g/mol. The van der Waals surface area contributed by atoms with Crippen molar-refractivity contribution in [1.29, 1.82) is 0 Å². The van der Waals surface area contributed by atoms with Gasteiger partial charge in [-0.2, -0.15) is 0 Å².